The summed E-state index contributed by atoms with van der Waals surface area (Å²) < 4.78 is 4.88. The molecule has 0 bridgehead atoms. The van der Waals surface area contributed by atoms with E-state index in [-0.39, 0.29) is 5.41 Å². The fourth-order valence-electron chi connectivity index (χ4n) is 8.43. The van der Waals surface area contributed by atoms with E-state index in [4.69, 9.17) is 0 Å². The Morgan fingerprint density at radius 2 is 0.936 bits per heavy atom. The van der Waals surface area contributed by atoms with Gasteiger partial charge in [-0.2, -0.15) is 0 Å². The summed E-state index contributed by atoms with van der Waals surface area (Å²) in [5.74, 6) is 0. The lowest BCUT2D eigenvalue weighted by Crippen LogP contribution is -2.14. The third kappa shape index (κ3) is 3.56. The maximum Gasteiger partial charge on any atom is 0.0549 e. The third-order valence-corrected chi connectivity index (χ3v) is 10.5. The van der Waals surface area contributed by atoms with Crippen molar-refractivity contribution in [2.24, 2.45) is 0 Å². The predicted molar refractivity (Wildman–Crippen MR) is 198 cm³/mol. The zero-order valence-corrected chi connectivity index (χ0v) is 26.4. The van der Waals surface area contributed by atoms with E-state index in [1.807, 2.05) is 0 Å². The highest BCUT2D eigenvalue weighted by molar-refractivity contribution is 6.31. The molecule has 2 aromatic heterocycles. The monoisotopic (exact) mass is 600 g/mol. The summed E-state index contributed by atoms with van der Waals surface area (Å²) in [6, 6.07) is 58.0. The summed E-state index contributed by atoms with van der Waals surface area (Å²) in [6.45, 7) is 4.73. The van der Waals surface area contributed by atoms with Gasteiger partial charge >= 0.3 is 0 Å². The van der Waals surface area contributed by atoms with Gasteiger partial charge in [0.1, 0.15) is 0 Å². The van der Waals surface area contributed by atoms with Gasteiger partial charge in [0.25, 0.3) is 0 Å². The maximum atomic E-state index is 2.46. The van der Waals surface area contributed by atoms with Gasteiger partial charge in [0, 0.05) is 38.3 Å². The van der Waals surface area contributed by atoms with Crippen LogP contribution in [0.5, 0.6) is 0 Å². The van der Waals surface area contributed by atoms with Crippen molar-refractivity contribution in [3.8, 4) is 33.6 Å². The minimum atomic E-state index is -0.0652. The fourth-order valence-corrected chi connectivity index (χ4v) is 8.43. The van der Waals surface area contributed by atoms with Crippen molar-refractivity contribution in [2.75, 3.05) is 0 Å². The Balaban J connectivity index is 1.36. The molecule has 0 spiro atoms. The molecular weight excluding hydrogens is 569 g/mol. The molecule has 0 saturated heterocycles. The standard InChI is InChI=1S/C45H32N2/c1-45(2)36-21-11-9-18-33(36)34-25-24-29(28-37(34)45)32-20-13-23-39-42(32)44-41(47(39)31-16-7-4-8-17-31)27-26-40-43(44)35-19-10-12-22-38(35)46(40)30-14-5-3-6-15-30/h3-28H,1-2H3. The van der Waals surface area contributed by atoms with Crippen LogP contribution in [0.4, 0.5) is 0 Å². The molecule has 0 saturated carbocycles. The maximum absolute atomic E-state index is 2.46. The average Bonchev–Trinajstić information content (AvgIpc) is 3.72. The van der Waals surface area contributed by atoms with Crippen molar-refractivity contribution in [3.63, 3.8) is 0 Å². The molecule has 2 heteroatoms. The topological polar surface area (TPSA) is 9.86 Å². The van der Waals surface area contributed by atoms with Crippen LogP contribution in [-0.4, -0.2) is 9.13 Å². The Morgan fingerprint density at radius 3 is 1.70 bits per heavy atom. The van der Waals surface area contributed by atoms with E-state index in [9.17, 15) is 0 Å². The first-order chi connectivity index (χ1) is 23.1. The minimum Gasteiger partial charge on any atom is -0.309 e. The molecule has 0 unspecified atom stereocenters. The molecular formula is C45H32N2. The molecule has 0 amide bonds. The van der Waals surface area contributed by atoms with Crippen LogP contribution in [0.1, 0.15) is 25.0 Å². The summed E-state index contributed by atoms with van der Waals surface area (Å²) in [5, 5.41) is 5.15. The second-order valence-electron chi connectivity index (χ2n) is 13.3. The molecule has 1 aliphatic carbocycles. The van der Waals surface area contributed by atoms with E-state index in [0.717, 1.165) is 0 Å². The number of rotatable bonds is 3. The number of fused-ring (bicyclic) bond motifs is 10. The Morgan fingerprint density at radius 1 is 0.383 bits per heavy atom. The van der Waals surface area contributed by atoms with Crippen molar-refractivity contribution in [1.82, 2.24) is 9.13 Å². The molecule has 47 heavy (non-hydrogen) atoms. The first-order valence-electron chi connectivity index (χ1n) is 16.5. The van der Waals surface area contributed by atoms with Crippen LogP contribution in [0.15, 0.2) is 158 Å². The van der Waals surface area contributed by atoms with E-state index in [2.05, 4.69) is 181 Å². The smallest absolute Gasteiger partial charge is 0.0549 e. The van der Waals surface area contributed by atoms with Crippen molar-refractivity contribution < 1.29 is 0 Å². The number of hydrogen-bond acceptors (Lipinski definition) is 0. The van der Waals surface area contributed by atoms with Crippen LogP contribution < -0.4 is 0 Å². The molecule has 0 N–H and O–H groups in total. The molecule has 0 aliphatic heterocycles. The normalized spacial score (nSPS) is 13.5. The lowest BCUT2D eigenvalue weighted by atomic mass is 9.81. The lowest BCUT2D eigenvalue weighted by molar-refractivity contribution is 0.660. The van der Waals surface area contributed by atoms with Gasteiger partial charge < -0.3 is 9.13 Å². The van der Waals surface area contributed by atoms with Crippen molar-refractivity contribution in [2.45, 2.75) is 19.3 Å². The Labute approximate surface area is 273 Å². The van der Waals surface area contributed by atoms with Gasteiger partial charge in [-0.25, -0.2) is 0 Å². The first kappa shape index (κ1) is 26.4. The van der Waals surface area contributed by atoms with Gasteiger partial charge in [-0.05, 0) is 88.0 Å². The van der Waals surface area contributed by atoms with E-state index < -0.39 is 0 Å². The van der Waals surface area contributed by atoms with Crippen molar-refractivity contribution in [3.05, 3.63) is 169 Å². The summed E-state index contributed by atoms with van der Waals surface area (Å²) in [6.07, 6.45) is 0. The van der Waals surface area contributed by atoms with Crippen LogP contribution in [-0.2, 0) is 5.41 Å². The number of nitrogens with zero attached hydrogens (tertiary/aromatic N) is 2. The van der Waals surface area contributed by atoms with Gasteiger partial charge in [0.15, 0.2) is 0 Å². The molecule has 7 aromatic carbocycles. The highest BCUT2D eigenvalue weighted by Gasteiger charge is 2.35. The minimum absolute atomic E-state index is 0.0652. The van der Waals surface area contributed by atoms with Crippen LogP contribution >= 0.6 is 0 Å². The zero-order chi connectivity index (χ0) is 31.3. The van der Waals surface area contributed by atoms with E-state index >= 15 is 0 Å². The second kappa shape index (κ2) is 9.57. The Bertz CT molecular complexity index is 2690. The molecule has 0 radical (unpaired) electrons. The molecule has 0 fully saturated rings. The SMILES string of the molecule is CC1(C)c2ccccc2-c2ccc(-c3cccc4c3c3c5c6ccccc6n(-c6ccccc6)c5ccc3n4-c3ccccc3)cc21. The number of hydrogen-bond donors (Lipinski definition) is 0. The third-order valence-electron chi connectivity index (χ3n) is 10.5. The van der Waals surface area contributed by atoms with Gasteiger partial charge in [0.05, 0.1) is 22.1 Å². The van der Waals surface area contributed by atoms with Crippen molar-refractivity contribution in [1.29, 1.82) is 0 Å². The van der Waals surface area contributed by atoms with E-state index in [1.54, 1.807) is 0 Å². The van der Waals surface area contributed by atoms with E-state index in [1.165, 1.54) is 88.4 Å². The molecule has 9 aromatic rings. The molecule has 2 nitrogen and oxygen atoms in total. The Hall–Kier alpha value is -5.86. The zero-order valence-electron chi connectivity index (χ0n) is 26.4. The fraction of sp³-hybridized carbons (Fsp3) is 0.0667. The Kier molecular flexibility index (Phi) is 5.37. The predicted octanol–water partition coefficient (Wildman–Crippen LogP) is 11.9. The quantitative estimate of drug-likeness (QED) is 0.191. The van der Waals surface area contributed by atoms with E-state index in [0.29, 0.717) is 0 Å². The molecule has 1 aliphatic rings. The van der Waals surface area contributed by atoms with Gasteiger partial charge in [0.2, 0.25) is 0 Å². The molecule has 2 heterocycles. The van der Waals surface area contributed by atoms with Gasteiger partial charge in [-0.3, -0.25) is 0 Å². The number of para-hydroxylation sites is 3. The number of benzene rings is 7. The molecule has 0 atom stereocenters. The first-order valence-corrected chi connectivity index (χ1v) is 16.5. The molecule has 10 rings (SSSR count). The van der Waals surface area contributed by atoms with Crippen LogP contribution in [0.25, 0.3) is 77.2 Å². The number of aromatic nitrogens is 2. The van der Waals surface area contributed by atoms with Crippen LogP contribution in [0.3, 0.4) is 0 Å². The largest absolute Gasteiger partial charge is 0.309 e. The van der Waals surface area contributed by atoms with Crippen LogP contribution in [0, 0.1) is 0 Å². The second-order valence-corrected chi connectivity index (χ2v) is 13.3. The van der Waals surface area contributed by atoms with Gasteiger partial charge in [-0.15, -0.1) is 0 Å². The highest BCUT2D eigenvalue weighted by Crippen LogP contribution is 2.51. The molecule has 222 valence electrons. The lowest BCUT2D eigenvalue weighted by Gasteiger charge is -2.22. The van der Waals surface area contributed by atoms with Crippen molar-refractivity contribution >= 4 is 43.6 Å². The summed E-state index contributed by atoms with van der Waals surface area (Å²) in [4.78, 5) is 0. The average molecular weight is 601 g/mol. The highest BCUT2D eigenvalue weighted by atomic mass is 15.0. The summed E-state index contributed by atoms with van der Waals surface area (Å²) >= 11 is 0. The van der Waals surface area contributed by atoms with Crippen LogP contribution in [0.2, 0.25) is 0 Å². The summed E-state index contributed by atoms with van der Waals surface area (Å²) in [7, 11) is 0. The summed E-state index contributed by atoms with van der Waals surface area (Å²) in [5.41, 5.74) is 15.2. The van der Waals surface area contributed by atoms with Gasteiger partial charge in [-0.1, -0.05) is 117 Å².